The molecular formula is C21H19FN4S2. The van der Waals surface area contributed by atoms with Crippen LogP contribution < -0.4 is 0 Å². The summed E-state index contributed by atoms with van der Waals surface area (Å²) in [5.74, 6) is 0.985. The third-order valence-electron chi connectivity index (χ3n) is 4.31. The summed E-state index contributed by atoms with van der Waals surface area (Å²) in [5.41, 5.74) is 2.72. The molecule has 0 spiro atoms. The molecular weight excluding hydrogens is 391 g/mol. The normalized spacial score (nSPS) is 11.1. The van der Waals surface area contributed by atoms with Crippen molar-refractivity contribution in [3.8, 4) is 11.4 Å². The van der Waals surface area contributed by atoms with Crippen LogP contribution >= 0.6 is 23.1 Å². The SMILES string of the molecule is Cc1nc(CSc2nnc(-c3ccccc3F)n2CCc2ccccc2)cs1. The molecule has 7 heteroatoms. The molecule has 28 heavy (non-hydrogen) atoms. The zero-order valence-corrected chi connectivity index (χ0v) is 17.0. The van der Waals surface area contributed by atoms with Crippen LogP contribution in [0, 0.1) is 12.7 Å². The maximum absolute atomic E-state index is 14.4. The van der Waals surface area contributed by atoms with E-state index in [0.717, 1.165) is 22.3 Å². The number of thiazole rings is 1. The minimum absolute atomic E-state index is 0.289. The van der Waals surface area contributed by atoms with E-state index >= 15 is 0 Å². The highest BCUT2D eigenvalue weighted by molar-refractivity contribution is 7.98. The molecule has 0 atom stereocenters. The second kappa shape index (κ2) is 8.67. The smallest absolute Gasteiger partial charge is 0.191 e. The van der Waals surface area contributed by atoms with Gasteiger partial charge in [0.05, 0.1) is 16.3 Å². The van der Waals surface area contributed by atoms with Crippen LogP contribution in [-0.2, 0) is 18.7 Å². The van der Waals surface area contributed by atoms with Crippen molar-refractivity contribution in [2.24, 2.45) is 0 Å². The lowest BCUT2D eigenvalue weighted by atomic mass is 10.1. The predicted octanol–water partition coefficient (Wildman–Crippen LogP) is 5.38. The molecule has 4 rings (SSSR count). The van der Waals surface area contributed by atoms with Gasteiger partial charge in [0.25, 0.3) is 0 Å². The van der Waals surface area contributed by atoms with E-state index in [0.29, 0.717) is 23.7 Å². The van der Waals surface area contributed by atoms with Crippen LogP contribution in [0.25, 0.3) is 11.4 Å². The molecule has 0 N–H and O–H groups in total. The Bertz CT molecular complexity index is 1060. The van der Waals surface area contributed by atoms with Gasteiger partial charge in [0.1, 0.15) is 5.82 Å². The summed E-state index contributed by atoms with van der Waals surface area (Å²) in [6, 6.07) is 17.0. The minimum atomic E-state index is -0.289. The first-order valence-corrected chi connectivity index (χ1v) is 10.8. The molecule has 2 aromatic heterocycles. The van der Waals surface area contributed by atoms with Gasteiger partial charge in [0.2, 0.25) is 0 Å². The first-order valence-electron chi connectivity index (χ1n) is 8.96. The number of aromatic nitrogens is 4. The van der Waals surface area contributed by atoms with Crippen molar-refractivity contribution in [3.63, 3.8) is 0 Å². The van der Waals surface area contributed by atoms with Gasteiger partial charge in [-0.05, 0) is 31.0 Å². The second-order valence-corrected chi connectivity index (χ2v) is 8.32. The van der Waals surface area contributed by atoms with Crippen LogP contribution in [0.15, 0.2) is 65.1 Å². The number of thioether (sulfide) groups is 1. The summed E-state index contributed by atoms with van der Waals surface area (Å²) in [6.45, 7) is 2.68. The van der Waals surface area contributed by atoms with Gasteiger partial charge in [-0.15, -0.1) is 21.5 Å². The highest BCUT2D eigenvalue weighted by Gasteiger charge is 2.17. The highest BCUT2D eigenvalue weighted by atomic mass is 32.2. The fraction of sp³-hybridized carbons (Fsp3) is 0.190. The number of hydrogen-bond acceptors (Lipinski definition) is 5. The van der Waals surface area contributed by atoms with E-state index in [1.165, 1.54) is 11.6 Å². The van der Waals surface area contributed by atoms with Crippen LogP contribution in [0.2, 0.25) is 0 Å². The lowest BCUT2D eigenvalue weighted by molar-refractivity contribution is 0.616. The standard InChI is InChI=1S/C21H19FN4S2/c1-15-23-17(13-27-15)14-28-21-25-24-20(18-9-5-6-10-19(18)22)26(21)12-11-16-7-3-2-4-8-16/h2-10,13H,11-12,14H2,1H3. The Morgan fingerprint density at radius 3 is 2.57 bits per heavy atom. The van der Waals surface area contributed by atoms with Crippen LogP contribution in [0.4, 0.5) is 4.39 Å². The molecule has 0 amide bonds. The molecule has 0 fully saturated rings. The highest BCUT2D eigenvalue weighted by Crippen LogP contribution is 2.28. The Labute approximate surface area is 171 Å². The third kappa shape index (κ3) is 4.31. The summed E-state index contributed by atoms with van der Waals surface area (Å²) < 4.78 is 16.4. The van der Waals surface area contributed by atoms with Gasteiger partial charge in [0, 0.05) is 17.7 Å². The Morgan fingerprint density at radius 2 is 1.82 bits per heavy atom. The molecule has 2 heterocycles. The second-order valence-electron chi connectivity index (χ2n) is 6.32. The summed E-state index contributed by atoms with van der Waals surface area (Å²) in [6.07, 6.45) is 0.823. The van der Waals surface area contributed by atoms with Crippen LogP contribution in [0.1, 0.15) is 16.3 Å². The van der Waals surface area contributed by atoms with Gasteiger partial charge >= 0.3 is 0 Å². The van der Waals surface area contributed by atoms with Gasteiger partial charge in [-0.25, -0.2) is 9.37 Å². The van der Waals surface area contributed by atoms with Gasteiger partial charge < -0.3 is 4.57 Å². The molecule has 2 aromatic carbocycles. The molecule has 4 aromatic rings. The average molecular weight is 411 g/mol. The van der Waals surface area contributed by atoms with Crippen molar-refractivity contribution in [1.29, 1.82) is 0 Å². The topological polar surface area (TPSA) is 43.6 Å². The van der Waals surface area contributed by atoms with E-state index in [9.17, 15) is 4.39 Å². The van der Waals surface area contributed by atoms with Crippen molar-refractivity contribution < 1.29 is 4.39 Å². The van der Waals surface area contributed by atoms with Crippen molar-refractivity contribution in [1.82, 2.24) is 19.7 Å². The van der Waals surface area contributed by atoms with E-state index in [-0.39, 0.29) is 5.82 Å². The first kappa shape index (κ1) is 18.8. The molecule has 0 unspecified atom stereocenters. The number of halogens is 1. The number of hydrogen-bond donors (Lipinski definition) is 0. The number of rotatable bonds is 7. The van der Waals surface area contributed by atoms with Crippen LogP contribution in [0.3, 0.4) is 0 Å². The molecule has 0 saturated carbocycles. The number of aryl methyl sites for hydroxylation is 2. The maximum atomic E-state index is 14.4. The number of nitrogens with zero attached hydrogens (tertiary/aromatic N) is 4. The molecule has 0 aliphatic carbocycles. The van der Waals surface area contributed by atoms with Gasteiger partial charge in [-0.2, -0.15) is 0 Å². The molecule has 142 valence electrons. The lowest BCUT2D eigenvalue weighted by Crippen LogP contribution is -2.06. The molecule has 0 aliphatic heterocycles. The molecule has 4 nitrogen and oxygen atoms in total. The Hall–Kier alpha value is -2.51. The molecule has 0 saturated heterocycles. The third-order valence-corrected chi connectivity index (χ3v) is 6.14. The summed E-state index contributed by atoms with van der Waals surface area (Å²) in [7, 11) is 0. The first-order chi connectivity index (χ1) is 13.7. The largest absolute Gasteiger partial charge is 0.302 e. The number of benzene rings is 2. The monoisotopic (exact) mass is 410 g/mol. The van der Waals surface area contributed by atoms with Gasteiger partial charge in [0.15, 0.2) is 11.0 Å². The minimum Gasteiger partial charge on any atom is -0.302 e. The van der Waals surface area contributed by atoms with Crippen LogP contribution in [-0.4, -0.2) is 19.7 Å². The molecule has 0 bridgehead atoms. The summed E-state index contributed by atoms with van der Waals surface area (Å²) in [5, 5.41) is 12.6. The fourth-order valence-electron chi connectivity index (χ4n) is 2.94. The average Bonchev–Trinajstić information content (AvgIpc) is 3.31. The van der Waals surface area contributed by atoms with Crippen molar-refractivity contribution in [3.05, 3.63) is 82.1 Å². The van der Waals surface area contributed by atoms with E-state index in [4.69, 9.17) is 0 Å². The molecule has 0 radical (unpaired) electrons. The van der Waals surface area contributed by atoms with E-state index in [1.54, 1.807) is 35.2 Å². The van der Waals surface area contributed by atoms with E-state index < -0.39 is 0 Å². The van der Waals surface area contributed by atoms with Gasteiger partial charge in [-0.1, -0.05) is 54.2 Å². The quantitative estimate of drug-likeness (QED) is 0.384. The maximum Gasteiger partial charge on any atom is 0.191 e. The van der Waals surface area contributed by atoms with Crippen LogP contribution in [0.5, 0.6) is 0 Å². The summed E-state index contributed by atoms with van der Waals surface area (Å²) in [4.78, 5) is 4.51. The van der Waals surface area contributed by atoms with Crippen molar-refractivity contribution in [2.45, 2.75) is 30.8 Å². The van der Waals surface area contributed by atoms with Crippen molar-refractivity contribution in [2.75, 3.05) is 0 Å². The predicted molar refractivity (Wildman–Crippen MR) is 112 cm³/mol. The van der Waals surface area contributed by atoms with E-state index in [2.05, 4.69) is 32.7 Å². The Morgan fingerprint density at radius 1 is 1.04 bits per heavy atom. The Kier molecular flexibility index (Phi) is 5.83. The molecule has 0 aliphatic rings. The Balaban J connectivity index is 1.62. The zero-order valence-electron chi connectivity index (χ0n) is 15.4. The van der Waals surface area contributed by atoms with E-state index in [1.807, 2.05) is 35.8 Å². The lowest BCUT2D eigenvalue weighted by Gasteiger charge is -2.10. The van der Waals surface area contributed by atoms with Crippen molar-refractivity contribution >= 4 is 23.1 Å². The summed E-state index contributed by atoms with van der Waals surface area (Å²) >= 11 is 3.22. The van der Waals surface area contributed by atoms with Gasteiger partial charge in [-0.3, -0.25) is 0 Å². The zero-order chi connectivity index (χ0) is 19.3. The fourth-order valence-corrected chi connectivity index (χ4v) is 4.51.